The maximum absolute atomic E-state index is 9.71. The third kappa shape index (κ3) is 6.95. The van der Waals surface area contributed by atoms with Gasteiger partial charge in [0.05, 0.1) is 37.7 Å². The van der Waals surface area contributed by atoms with Crippen molar-refractivity contribution in [3.05, 3.63) is 60.3 Å². The summed E-state index contributed by atoms with van der Waals surface area (Å²) in [6.07, 6.45) is 3.42. The molecule has 0 bridgehead atoms. The van der Waals surface area contributed by atoms with Crippen LogP contribution in [0.1, 0.15) is 18.4 Å². The van der Waals surface area contributed by atoms with E-state index in [2.05, 4.69) is 26.3 Å². The van der Waals surface area contributed by atoms with Crippen molar-refractivity contribution in [2.45, 2.75) is 18.9 Å². The number of aromatic nitrogens is 2. The van der Waals surface area contributed by atoms with E-state index in [9.17, 15) is 5.26 Å². The molecule has 5 rings (SSSR count). The lowest BCUT2D eigenvalue weighted by Crippen LogP contribution is -2.38. The minimum absolute atomic E-state index is 0.0701. The first-order valence-electron chi connectivity index (χ1n) is 12.7. The number of nitrogens with zero attached hydrogens (tertiary/aromatic N) is 4. The Labute approximate surface area is 217 Å². The first-order chi connectivity index (χ1) is 18.3. The van der Waals surface area contributed by atoms with Crippen LogP contribution in [0.3, 0.4) is 0 Å². The Morgan fingerprint density at radius 1 is 1.03 bits per heavy atom. The maximum atomic E-state index is 9.71. The summed E-state index contributed by atoms with van der Waals surface area (Å²) in [6.45, 7) is 6.31. The summed E-state index contributed by atoms with van der Waals surface area (Å²) in [5, 5.41) is 13.0. The van der Waals surface area contributed by atoms with Crippen LogP contribution in [-0.4, -0.2) is 73.6 Å². The first kappa shape index (κ1) is 25.0. The topological polar surface area (TPSA) is 102 Å². The van der Waals surface area contributed by atoms with E-state index in [1.54, 1.807) is 6.20 Å². The number of hydrogen-bond acceptors (Lipinski definition) is 9. The molecule has 3 heterocycles. The molecule has 2 aliphatic rings. The van der Waals surface area contributed by atoms with E-state index < -0.39 is 0 Å². The van der Waals surface area contributed by atoms with Crippen molar-refractivity contribution in [3.8, 4) is 28.8 Å². The Bertz CT molecular complexity index is 1220. The second-order valence-electron chi connectivity index (χ2n) is 8.97. The zero-order valence-electron chi connectivity index (χ0n) is 20.8. The fourth-order valence-electron chi connectivity index (χ4n) is 4.34. The highest BCUT2D eigenvalue weighted by Crippen LogP contribution is 2.28. The molecule has 0 spiro atoms. The summed E-state index contributed by atoms with van der Waals surface area (Å²) in [5.74, 6) is 1.84. The van der Waals surface area contributed by atoms with Crippen LogP contribution in [0, 0.1) is 11.3 Å². The Morgan fingerprint density at radius 3 is 2.70 bits per heavy atom. The monoisotopic (exact) mass is 501 g/mol. The van der Waals surface area contributed by atoms with Gasteiger partial charge in [-0.2, -0.15) is 5.26 Å². The van der Waals surface area contributed by atoms with Gasteiger partial charge in [0.15, 0.2) is 0 Å². The summed E-state index contributed by atoms with van der Waals surface area (Å²) in [6, 6.07) is 17.4. The Balaban J connectivity index is 1.22. The van der Waals surface area contributed by atoms with Gasteiger partial charge in [0.2, 0.25) is 5.95 Å². The van der Waals surface area contributed by atoms with Crippen LogP contribution in [0.2, 0.25) is 0 Å². The largest absolute Gasteiger partial charge is 0.492 e. The molecule has 0 aliphatic carbocycles. The van der Waals surface area contributed by atoms with Crippen LogP contribution in [0.25, 0.3) is 11.3 Å². The van der Waals surface area contributed by atoms with Gasteiger partial charge in [0.25, 0.3) is 0 Å². The lowest BCUT2D eigenvalue weighted by Gasteiger charge is -2.26. The number of anilines is 2. The van der Waals surface area contributed by atoms with Crippen molar-refractivity contribution in [3.63, 3.8) is 0 Å². The van der Waals surface area contributed by atoms with Gasteiger partial charge in [-0.1, -0.05) is 6.07 Å². The van der Waals surface area contributed by atoms with Crippen LogP contribution >= 0.6 is 0 Å². The van der Waals surface area contributed by atoms with E-state index in [4.69, 9.17) is 18.9 Å². The number of morpholine rings is 1. The molecule has 1 aromatic heterocycles. The molecule has 2 fully saturated rings. The average molecular weight is 502 g/mol. The SMILES string of the molecule is N#Cc1cc(-c2ccnc(Nc3cccc(OCCN4CCOCC4)c3)n2)ccc1OC1CCOCC1. The molecule has 37 heavy (non-hydrogen) atoms. The average Bonchev–Trinajstić information content (AvgIpc) is 2.95. The third-order valence-corrected chi connectivity index (χ3v) is 6.38. The Kier molecular flexibility index (Phi) is 8.43. The fraction of sp³-hybridized carbons (Fsp3) is 0.393. The quantitative estimate of drug-likeness (QED) is 0.466. The molecule has 2 saturated heterocycles. The second kappa shape index (κ2) is 12.5. The number of nitrogens with one attached hydrogen (secondary N) is 1. The van der Waals surface area contributed by atoms with Gasteiger partial charge in [0.1, 0.15) is 30.3 Å². The summed E-state index contributed by atoms with van der Waals surface area (Å²) in [7, 11) is 0. The van der Waals surface area contributed by atoms with E-state index in [1.165, 1.54) is 0 Å². The molecule has 3 aromatic rings. The molecule has 1 N–H and O–H groups in total. The normalized spacial score (nSPS) is 16.6. The third-order valence-electron chi connectivity index (χ3n) is 6.38. The summed E-state index contributed by atoms with van der Waals surface area (Å²) >= 11 is 0. The number of hydrogen-bond donors (Lipinski definition) is 1. The predicted molar refractivity (Wildman–Crippen MR) is 139 cm³/mol. The smallest absolute Gasteiger partial charge is 0.227 e. The molecule has 0 amide bonds. The van der Waals surface area contributed by atoms with Crippen LogP contribution < -0.4 is 14.8 Å². The van der Waals surface area contributed by atoms with Crippen LogP contribution in [0.5, 0.6) is 11.5 Å². The van der Waals surface area contributed by atoms with E-state index in [0.717, 1.165) is 62.7 Å². The Morgan fingerprint density at radius 2 is 1.86 bits per heavy atom. The second-order valence-corrected chi connectivity index (χ2v) is 8.97. The van der Waals surface area contributed by atoms with Crippen molar-refractivity contribution in [2.24, 2.45) is 0 Å². The van der Waals surface area contributed by atoms with Crippen molar-refractivity contribution in [1.82, 2.24) is 14.9 Å². The van der Waals surface area contributed by atoms with Gasteiger partial charge in [0, 0.05) is 56.0 Å². The summed E-state index contributed by atoms with van der Waals surface area (Å²) in [5.41, 5.74) is 2.85. The van der Waals surface area contributed by atoms with E-state index >= 15 is 0 Å². The standard InChI is InChI=1S/C28H31N5O4/c29-20-22-18-21(4-5-27(22)37-24-7-13-34-14-8-24)26-6-9-30-28(32-26)31-23-2-1-3-25(19-23)36-17-12-33-10-15-35-16-11-33/h1-6,9,18-19,24H,7-8,10-17H2,(H,30,31,32). The molecule has 9 heteroatoms. The van der Waals surface area contributed by atoms with Gasteiger partial charge in [-0.3, -0.25) is 4.90 Å². The molecule has 192 valence electrons. The highest BCUT2D eigenvalue weighted by Gasteiger charge is 2.18. The molecule has 0 unspecified atom stereocenters. The van der Waals surface area contributed by atoms with Gasteiger partial charge >= 0.3 is 0 Å². The molecule has 0 saturated carbocycles. The summed E-state index contributed by atoms with van der Waals surface area (Å²) < 4.78 is 22.8. The predicted octanol–water partition coefficient (Wildman–Crippen LogP) is 4.03. The zero-order chi connectivity index (χ0) is 25.3. The molecular formula is C28H31N5O4. The van der Waals surface area contributed by atoms with E-state index in [0.29, 0.717) is 42.8 Å². The highest BCUT2D eigenvalue weighted by molar-refractivity contribution is 5.66. The van der Waals surface area contributed by atoms with Crippen molar-refractivity contribution in [1.29, 1.82) is 5.26 Å². The van der Waals surface area contributed by atoms with Crippen LogP contribution in [0.15, 0.2) is 54.7 Å². The van der Waals surface area contributed by atoms with Crippen LogP contribution in [0.4, 0.5) is 11.6 Å². The lowest BCUT2D eigenvalue weighted by atomic mass is 10.1. The molecule has 2 aromatic carbocycles. The van der Waals surface area contributed by atoms with Gasteiger partial charge in [-0.15, -0.1) is 0 Å². The molecule has 0 atom stereocenters. The first-order valence-corrected chi connectivity index (χ1v) is 12.7. The summed E-state index contributed by atoms with van der Waals surface area (Å²) in [4.78, 5) is 11.4. The maximum Gasteiger partial charge on any atom is 0.227 e. The highest BCUT2D eigenvalue weighted by atomic mass is 16.5. The van der Waals surface area contributed by atoms with Crippen LogP contribution in [-0.2, 0) is 9.47 Å². The van der Waals surface area contributed by atoms with Crippen molar-refractivity contribution < 1.29 is 18.9 Å². The number of ether oxygens (including phenoxy) is 4. The molecule has 9 nitrogen and oxygen atoms in total. The van der Waals surface area contributed by atoms with Crippen molar-refractivity contribution >= 4 is 11.6 Å². The Hall–Kier alpha value is -3.71. The molecule has 2 aliphatic heterocycles. The number of benzene rings is 2. The van der Waals surface area contributed by atoms with Gasteiger partial charge in [-0.05, 0) is 36.4 Å². The fourth-order valence-corrected chi connectivity index (χ4v) is 4.34. The number of rotatable bonds is 9. The van der Waals surface area contributed by atoms with Gasteiger partial charge < -0.3 is 24.3 Å². The lowest BCUT2D eigenvalue weighted by molar-refractivity contribution is 0.0254. The molecular weight excluding hydrogens is 470 g/mol. The number of nitriles is 1. The van der Waals surface area contributed by atoms with E-state index in [1.807, 2.05) is 48.5 Å². The van der Waals surface area contributed by atoms with Crippen molar-refractivity contribution in [2.75, 3.05) is 58.0 Å². The van der Waals surface area contributed by atoms with E-state index in [-0.39, 0.29) is 6.10 Å². The minimum atomic E-state index is 0.0701. The minimum Gasteiger partial charge on any atom is -0.492 e. The van der Waals surface area contributed by atoms with Gasteiger partial charge in [-0.25, -0.2) is 9.97 Å². The molecule has 0 radical (unpaired) electrons. The zero-order valence-corrected chi connectivity index (χ0v) is 20.8.